The molecule has 45 heavy (non-hydrogen) atoms. The van der Waals surface area contributed by atoms with Crippen LogP contribution in [0.15, 0.2) is 60.8 Å². The Kier molecular flexibility index (Phi) is 10.2. The van der Waals surface area contributed by atoms with Crippen LogP contribution in [0.5, 0.6) is 0 Å². The summed E-state index contributed by atoms with van der Waals surface area (Å²) in [6.07, 6.45) is 5.30. The lowest BCUT2D eigenvalue weighted by Gasteiger charge is -2.28. The molecule has 1 aliphatic carbocycles. The number of hydrogen-bond donors (Lipinski definition) is 5. The summed E-state index contributed by atoms with van der Waals surface area (Å²) in [7, 11) is 0. The molecule has 10 heteroatoms. The van der Waals surface area contributed by atoms with Crippen molar-refractivity contribution in [3.8, 4) is 11.1 Å². The lowest BCUT2D eigenvalue weighted by molar-refractivity contribution is -0.130. The Bertz CT molecular complexity index is 1670. The van der Waals surface area contributed by atoms with Crippen LogP contribution in [-0.2, 0) is 16.0 Å². The van der Waals surface area contributed by atoms with E-state index in [1.165, 1.54) is 0 Å². The van der Waals surface area contributed by atoms with Crippen molar-refractivity contribution >= 4 is 45.9 Å². The van der Waals surface area contributed by atoms with Gasteiger partial charge in [0.25, 0.3) is 5.91 Å². The Morgan fingerprint density at radius 1 is 1.00 bits per heavy atom. The number of aromatic nitrogens is 2. The number of aryl methyl sites for hydroxylation is 1. The number of hydrogen-bond acceptors (Lipinski definition) is 5. The normalized spacial score (nSPS) is 17.2. The average molecular weight is 629 g/mol. The van der Waals surface area contributed by atoms with E-state index in [1.807, 2.05) is 63.2 Å². The molecule has 1 aliphatic rings. The minimum atomic E-state index is -0.799. The van der Waals surface area contributed by atoms with Gasteiger partial charge in [0, 0.05) is 35.0 Å². The first kappa shape index (κ1) is 32.2. The Morgan fingerprint density at radius 2 is 1.73 bits per heavy atom. The van der Waals surface area contributed by atoms with Gasteiger partial charge in [-0.3, -0.25) is 19.5 Å². The topological polar surface area (TPSA) is 142 Å². The zero-order valence-electron chi connectivity index (χ0n) is 26.0. The first-order valence-corrected chi connectivity index (χ1v) is 15.9. The molecule has 3 aromatic carbocycles. The van der Waals surface area contributed by atoms with E-state index in [9.17, 15) is 14.4 Å². The van der Waals surface area contributed by atoms with Gasteiger partial charge in [0.05, 0.1) is 16.7 Å². The fraction of sp³-hybridized carbons (Fsp3) is 0.371. The second-order valence-corrected chi connectivity index (χ2v) is 12.8. The van der Waals surface area contributed by atoms with Gasteiger partial charge in [-0.15, -0.1) is 0 Å². The number of amides is 3. The summed E-state index contributed by atoms with van der Waals surface area (Å²) < 4.78 is 0. The first-order chi connectivity index (χ1) is 21.6. The average Bonchev–Trinajstić information content (AvgIpc) is 3.50. The van der Waals surface area contributed by atoms with Crippen molar-refractivity contribution in [2.24, 2.45) is 17.6 Å². The maximum atomic E-state index is 13.7. The minimum Gasteiger partial charge on any atom is -0.350 e. The summed E-state index contributed by atoms with van der Waals surface area (Å²) in [5, 5.41) is 17.1. The molecule has 0 bridgehead atoms. The zero-order valence-corrected chi connectivity index (χ0v) is 26.7. The monoisotopic (exact) mass is 628 g/mol. The van der Waals surface area contributed by atoms with Crippen molar-refractivity contribution in [3.63, 3.8) is 0 Å². The van der Waals surface area contributed by atoms with Crippen molar-refractivity contribution in [2.45, 2.75) is 65.0 Å². The second-order valence-electron chi connectivity index (χ2n) is 12.4. The highest BCUT2D eigenvalue weighted by Gasteiger charge is 2.29. The highest BCUT2D eigenvalue weighted by atomic mass is 35.5. The fourth-order valence-electron chi connectivity index (χ4n) is 6.00. The molecule has 0 saturated heterocycles. The number of benzene rings is 3. The van der Waals surface area contributed by atoms with Gasteiger partial charge in [-0.2, -0.15) is 5.10 Å². The molecule has 1 saturated carbocycles. The second kappa shape index (κ2) is 14.3. The summed E-state index contributed by atoms with van der Waals surface area (Å²) in [6, 6.07) is 16.3. The predicted molar refractivity (Wildman–Crippen MR) is 179 cm³/mol. The van der Waals surface area contributed by atoms with E-state index in [0.717, 1.165) is 53.3 Å². The van der Waals surface area contributed by atoms with Crippen LogP contribution < -0.4 is 21.7 Å². The number of H-pyrrole nitrogens is 1. The molecule has 1 fully saturated rings. The third-order valence-corrected chi connectivity index (χ3v) is 8.89. The van der Waals surface area contributed by atoms with Crippen LogP contribution in [0.1, 0.15) is 61.0 Å². The number of anilines is 1. The lowest BCUT2D eigenvalue weighted by atomic mass is 9.81. The Balaban J connectivity index is 1.33. The number of nitrogens with two attached hydrogens (primary N) is 1. The lowest BCUT2D eigenvalue weighted by Crippen LogP contribution is -2.48. The van der Waals surface area contributed by atoms with Crippen LogP contribution in [0.2, 0.25) is 5.02 Å². The number of nitrogens with zero attached hydrogens (tertiary/aromatic N) is 1. The van der Waals surface area contributed by atoms with E-state index in [-0.39, 0.29) is 29.7 Å². The summed E-state index contributed by atoms with van der Waals surface area (Å²) >= 11 is 6.42. The summed E-state index contributed by atoms with van der Waals surface area (Å²) in [5.41, 5.74) is 11.6. The number of carbonyl (C=O) groups is 3. The summed E-state index contributed by atoms with van der Waals surface area (Å²) in [5.74, 6) is -0.230. The summed E-state index contributed by atoms with van der Waals surface area (Å²) in [4.78, 5) is 39.5. The summed E-state index contributed by atoms with van der Waals surface area (Å²) in [6.45, 7) is 6.49. The Labute approximate surface area is 268 Å². The van der Waals surface area contributed by atoms with Gasteiger partial charge < -0.3 is 21.7 Å². The van der Waals surface area contributed by atoms with Crippen LogP contribution >= 0.6 is 11.6 Å². The number of aromatic amines is 1. The van der Waals surface area contributed by atoms with E-state index in [4.69, 9.17) is 17.3 Å². The molecule has 236 valence electrons. The minimum absolute atomic E-state index is 0.0599. The number of fused-ring (bicyclic) bond motifs is 1. The smallest absolute Gasteiger partial charge is 0.251 e. The van der Waals surface area contributed by atoms with E-state index in [0.29, 0.717) is 40.7 Å². The van der Waals surface area contributed by atoms with Gasteiger partial charge in [-0.05, 0) is 105 Å². The van der Waals surface area contributed by atoms with Crippen LogP contribution in [0.25, 0.3) is 22.0 Å². The van der Waals surface area contributed by atoms with Gasteiger partial charge in [-0.25, -0.2) is 0 Å². The molecule has 1 aromatic heterocycles. The van der Waals surface area contributed by atoms with Gasteiger partial charge >= 0.3 is 0 Å². The predicted octanol–water partition coefficient (Wildman–Crippen LogP) is 5.76. The van der Waals surface area contributed by atoms with Crippen LogP contribution in [0.3, 0.4) is 0 Å². The quantitative estimate of drug-likeness (QED) is 0.152. The van der Waals surface area contributed by atoms with E-state index in [1.54, 1.807) is 18.3 Å². The molecule has 9 nitrogen and oxygen atoms in total. The number of halogens is 1. The maximum Gasteiger partial charge on any atom is 0.251 e. The molecular weight excluding hydrogens is 588 g/mol. The molecule has 3 amide bonds. The third-order valence-electron chi connectivity index (χ3n) is 8.57. The van der Waals surface area contributed by atoms with Crippen molar-refractivity contribution in [1.82, 2.24) is 20.8 Å². The van der Waals surface area contributed by atoms with Crippen molar-refractivity contribution < 1.29 is 14.4 Å². The van der Waals surface area contributed by atoms with Gasteiger partial charge in [-0.1, -0.05) is 41.9 Å². The molecule has 4 aromatic rings. The largest absolute Gasteiger partial charge is 0.350 e. The van der Waals surface area contributed by atoms with Crippen LogP contribution in [0, 0.1) is 18.8 Å². The maximum absolute atomic E-state index is 13.7. The molecule has 1 heterocycles. The SMILES string of the molecule is Cc1cc(C(=O)NC(C)C)ccc1-c1ccc(CC(NC(=O)C2CCC(CN)CC2)C(=O)Nc2cc(Cl)c3cn[nH]c3c2)cc1. The molecule has 1 atom stereocenters. The van der Waals surface area contributed by atoms with Crippen molar-refractivity contribution in [3.05, 3.63) is 82.5 Å². The molecule has 5 rings (SSSR count). The van der Waals surface area contributed by atoms with Gasteiger partial charge in [0.2, 0.25) is 11.8 Å². The van der Waals surface area contributed by atoms with Gasteiger partial charge in [0.1, 0.15) is 6.04 Å². The zero-order chi connectivity index (χ0) is 32.1. The van der Waals surface area contributed by atoms with E-state index in [2.05, 4.69) is 26.1 Å². The van der Waals surface area contributed by atoms with E-state index >= 15 is 0 Å². The number of carbonyl (C=O) groups excluding carboxylic acids is 3. The highest BCUT2D eigenvalue weighted by Crippen LogP contribution is 2.30. The van der Waals surface area contributed by atoms with Gasteiger partial charge in [0.15, 0.2) is 0 Å². The molecule has 0 aliphatic heterocycles. The Hall–Kier alpha value is -4.21. The molecule has 0 spiro atoms. The highest BCUT2D eigenvalue weighted by molar-refractivity contribution is 6.35. The Morgan fingerprint density at radius 3 is 2.40 bits per heavy atom. The standard InChI is InChI=1S/C35H41ClN6O3/c1-20(2)39-34(44)26-12-13-28(21(3)14-26)24-8-4-22(5-9-24)15-32(41-33(43)25-10-6-23(18-37)7-11-25)35(45)40-27-16-30(36)29-19-38-42-31(29)17-27/h4-5,8-9,12-14,16-17,19-20,23,25,32H,6-7,10-11,15,18,37H2,1-3H3,(H,38,42)(H,39,44)(H,40,45)(H,41,43). The van der Waals surface area contributed by atoms with Crippen LogP contribution in [-0.4, -0.2) is 46.5 Å². The number of nitrogens with one attached hydrogen (secondary N) is 4. The number of rotatable bonds is 10. The van der Waals surface area contributed by atoms with Crippen LogP contribution in [0.4, 0.5) is 5.69 Å². The first-order valence-electron chi connectivity index (χ1n) is 15.6. The molecule has 1 unspecified atom stereocenters. The molecule has 6 N–H and O–H groups in total. The fourth-order valence-corrected chi connectivity index (χ4v) is 6.27. The van der Waals surface area contributed by atoms with Crippen molar-refractivity contribution in [1.29, 1.82) is 0 Å². The molecular formula is C35H41ClN6O3. The van der Waals surface area contributed by atoms with Crippen molar-refractivity contribution in [2.75, 3.05) is 11.9 Å². The molecule has 0 radical (unpaired) electrons. The van der Waals surface area contributed by atoms with E-state index < -0.39 is 6.04 Å². The third kappa shape index (κ3) is 7.90.